The van der Waals surface area contributed by atoms with Crippen molar-refractivity contribution in [3.63, 3.8) is 0 Å². The fourth-order valence-corrected chi connectivity index (χ4v) is 1.05. The zero-order valence-electron chi connectivity index (χ0n) is 7.73. The lowest BCUT2D eigenvalue weighted by Crippen LogP contribution is -2.04. The molecule has 0 radical (unpaired) electrons. The first kappa shape index (κ1) is 15.9. The Kier molecular flexibility index (Phi) is 7.77. The molecule has 0 amide bonds. The van der Waals surface area contributed by atoms with Gasteiger partial charge in [0.05, 0.1) is 12.3 Å². The minimum Gasteiger partial charge on any atom is -0.506 e. The van der Waals surface area contributed by atoms with Crippen LogP contribution in [-0.4, -0.2) is 15.2 Å². The van der Waals surface area contributed by atoms with Gasteiger partial charge in [-0.15, -0.1) is 24.8 Å². The molecule has 6 heteroatoms. The molecule has 0 saturated carbocycles. The van der Waals surface area contributed by atoms with Crippen LogP contribution in [0.3, 0.4) is 0 Å². The molecule has 1 aromatic rings. The summed E-state index contributed by atoms with van der Waals surface area (Å²) in [5, 5.41) is 18.3. The second-order valence-corrected chi connectivity index (χ2v) is 2.56. The van der Waals surface area contributed by atoms with Crippen molar-refractivity contribution < 1.29 is 10.2 Å². The molecule has 1 heterocycles. The van der Waals surface area contributed by atoms with Gasteiger partial charge >= 0.3 is 0 Å². The smallest absolute Gasteiger partial charge is 0.141 e. The minimum absolute atomic E-state index is 0. The zero-order chi connectivity index (χ0) is 9.14. The first-order valence-electron chi connectivity index (χ1n) is 3.68. The highest BCUT2D eigenvalue weighted by Gasteiger charge is 2.08. The maximum atomic E-state index is 9.46. The molecule has 0 aromatic carbocycles. The fraction of sp³-hybridized carbons (Fsp3) is 0.375. The van der Waals surface area contributed by atoms with E-state index < -0.39 is 0 Å². The Morgan fingerprint density at radius 3 is 2.43 bits per heavy atom. The number of aromatic nitrogens is 1. The molecule has 0 fully saturated rings. The van der Waals surface area contributed by atoms with Gasteiger partial charge in [-0.1, -0.05) is 0 Å². The van der Waals surface area contributed by atoms with E-state index in [2.05, 4.69) is 4.98 Å². The number of nitrogens with two attached hydrogens (primary N) is 1. The highest BCUT2D eigenvalue weighted by molar-refractivity contribution is 5.85. The Bertz CT molecular complexity index is 295. The quantitative estimate of drug-likeness (QED) is 0.718. The van der Waals surface area contributed by atoms with Crippen LogP contribution in [0.25, 0.3) is 0 Å². The molecular weight excluding hydrogens is 227 g/mol. The van der Waals surface area contributed by atoms with E-state index in [1.807, 2.05) is 0 Å². The van der Waals surface area contributed by atoms with Gasteiger partial charge in [0.15, 0.2) is 0 Å². The van der Waals surface area contributed by atoms with Crippen molar-refractivity contribution in [3.05, 3.63) is 23.0 Å². The highest BCUT2D eigenvalue weighted by Crippen LogP contribution is 2.22. The number of halogens is 2. The average molecular weight is 241 g/mol. The molecule has 0 aliphatic carbocycles. The summed E-state index contributed by atoms with van der Waals surface area (Å²) in [4.78, 5) is 3.89. The number of hydrogen-bond donors (Lipinski definition) is 3. The largest absolute Gasteiger partial charge is 0.506 e. The van der Waals surface area contributed by atoms with Crippen molar-refractivity contribution in [1.29, 1.82) is 0 Å². The summed E-state index contributed by atoms with van der Waals surface area (Å²) in [7, 11) is 0. The summed E-state index contributed by atoms with van der Waals surface area (Å²) in [6.45, 7) is 1.76. The van der Waals surface area contributed by atoms with E-state index in [0.717, 1.165) is 0 Å². The van der Waals surface area contributed by atoms with Gasteiger partial charge in [0, 0.05) is 23.9 Å². The predicted octanol–water partition coefficient (Wildman–Crippen LogP) is 0.890. The van der Waals surface area contributed by atoms with Crippen LogP contribution in [0, 0.1) is 6.92 Å². The molecule has 82 valence electrons. The van der Waals surface area contributed by atoms with Crippen molar-refractivity contribution in [2.75, 3.05) is 0 Å². The standard InChI is InChI=1S/C8H12N2O2.2ClH/c1-5-8(12)7(2-9)6(4-11)3-10-5;;/h3,11-12H,2,4,9H2,1H3;2*1H. The van der Waals surface area contributed by atoms with Gasteiger partial charge in [0.1, 0.15) is 5.75 Å². The van der Waals surface area contributed by atoms with Crippen molar-refractivity contribution in [2.24, 2.45) is 5.73 Å². The van der Waals surface area contributed by atoms with Crippen molar-refractivity contribution in [2.45, 2.75) is 20.1 Å². The fourth-order valence-electron chi connectivity index (χ4n) is 1.05. The predicted molar refractivity (Wildman–Crippen MR) is 58.9 cm³/mol. The monoisotopic (exact) mass is 240 g/mol. The average Bonchev–Trinajstić information content (AvgIpc) is 2.09. The van der Waals surface area contributed by atoms with Crippen LogP contribution in [0.4, 0.5) is 0 Å². The zero-order valence-corrected chi connectivity index (χ0v) is 9.36. The van der Waals surface area contributed by atoms with Gasteiger partial charge in [-0.05, 0) is 6.92 Å². The molecule has 1 aromatic heterocycles. The van der Waals surface area contributed by atoms with E-state index in [1.54, 1.807) is 6.92 Å². The molecule has 0 aliphatic rings. The van der Waals surface area contributed by atoms with E-state index >= 15 is 0 Å². The summed E-state index contributed by atoms with van der Waals surface area (Å²) in [5.41, 5.74) is 7.09. The van der Waals surface area contributed by atoms with Gasteiger partial charge in [-0.3, -0.25) is 4.98 Å². The van der Waals surface area contributed by atoms with Gasteiger partial charge in [0.2, 0.25) is 0 Å². The van der Waals surface area contributed by atoms with Crippen LogP contribution in [0.15, 0.2) is 6.20 Å². The number of aryl methyl sites for hydroxylation is 1. The molecule has 4 N–H and O–H groups in total. The number of aliphatic hydroxyl groups is 1. The van der Waals surface area contributed by atoms with Crippen molar-refractivity contribution >= 4 is 24.8 Å². The van der Waals surface area contributed by atoms with Crippen molar-refractivity contribution in [3.8, 4) is 5.75 Å². The first-order valence-corrected chi connectivity index (χ1v) is 3.68. The van der Waals surface area contributed by atoms with Crippen LogP contribution < -0.4 is 5.73 Å². The van der Waals surface area contributed by atoms with Crippen molar-refractivity contribution in [1.82, 2.24) is 4.98 Å². The summed E-state index contributed by atoms with van der Waals surface area (Å²) in [6.07, 6.45) is 1.53. The normalized spacial score (nSPS) is 8.79. The lowest BCUT2D eigenvalue weighted by atomic mass is 10.1. The Morgan fingerprint density at radius 1 is 1.43 bits per heavy atom. The second-order valence-electron chi connectivity index (χ2n) is 2.56. The van der Waals surface area contributed by atoms with Gasteiger partial charge in [-0.25, -0.2) is 0 Å². The topological polar surface area (TPSA) is 79.4 Å². The second kappa shape index (κ2) is 6.84. The molecule has 0 spiro atoms. The molecule has 4 nitrogen and oxygen atoms in total. The number of aliphatic hydroxyl groups excluding tert-OH is 1. The summed E-state index contributed by atoms with van der Waals surface area (Å²) < 4.78 is 0. The van der Waals surface area contributed by atoms with E-state index in [-0.39, 0.29) is 43.7 Å². The van der Waals surface area contributed by atoms with E-state index in [0.29, 0.717) is 16.8 Å². The highest BCUT2D eigenvalue weighted by atomic mass is 35.5. The van der Waals surface area contributed by atoms with Crippen LogP contribution in [-0.2, 0) is 13.2 Å². The van der Waals surface area contributed by atoms with Crippen LogP contribution in [0.1, 0.15) is 16.8 Å². The minimum atomic E-state index is -0.145. The number of aromatic hydroxyl groups is 1. The number of hydrogen-bond acceptors (Lipinski definition) is 4. The maximum Gasteiger partial charge on any atom is 0.141 e. The molecular formula is C8H14Cl2N2O2. The Hall–Kier alpha value is -0.550. The van der Waals surface area contributed by atoms with Crippen LogP contribution in [0.5, 0.6) is 5.75 Å². The number of pyridine rings is 1. The van der Waals surface area contributed by atoms with Gasteiger partial charge in [-0.2, -0.15) is 0 Å². The molecule has 0 bridgehead atoms. The SMILES string of the molecule is Cc1ncc(CO)c(CN)c1O.Cl.Cl. The lowest BCUT2D eigenvalue weighted by Gasteiger charge is -2.08. The molecule has 0 unspecified atom stereocenters. The van der Waals surface area contributed by atoms with E-state index in [1.165, 1.54) is 6.20 Å². The Labute approximate surface area is 95.0 Å². The summed E-state index contributed by atoms with van der Waals surface area (Å²) in [5.74, 6) is 0.0871. The summed E-state index contributed by atoms with van der Waals surface area (Å²) in [6, 6.07) is 0. The third-order valence-electron chi connectivity index (χ3n) is 1.80. The number of nitrogens with zero attached hydrogens (tertiary/aromatic N) is 1. The molecule has 0 atom stereocenters. The van der Waals surface area contributed by atoms with E-state index in [9.17, 15) is 5.11 Å². The lowest BCUT2D eigenvalue weighted by molar-refractivity contribution is 0.279. The molecule has 14 heavy (non-hydrogen) atoms. The van der Waals surface area contributed by atoms with Gasteiger partial charge < -0.3 is 15.9 Å². The molecule has 0 saturated heterocycles. The van der Waals surface area contributed by atoms with Crippen LogP contribution >= 0.6 is 24.8 Å². The summed E-state index contributed by atoms with van der Waals surface area (Å²) >= 11 is 0. The molecule has 1 rings (SSSR count). The van der Waals surface area contributed by atoms with E-state index in [4.69, 9.17) is 10.8 Å². The third kappa shape index (κ3) is 2.99. The third-order valence-corrected chi connectivity index (χ3v) is 1.80. The van der Waals surface area contributed by atoms with Crippen LogP contribution in [0.2, 0.25) is 0 Å². The van der Waals surface area contributed by atoms with Gasteiger partial charge in [0.25, 0.3) is 0 Å². The molecule has 0 aliphatic heterocycles. The Balaban J connectivity index is 0. The maximum absolute atomic E-state index is 9.46. The Morgan fingerprint density at radius 2 is 2.00 bits per heavy atom. The first-order chi connectivity index (χ1) is 5.70. The number of rotatable bonds is 2.